The molecule has 2 aromatic rings. The summed E-state index contributed by atoms with van der Waals surface area (Å²) in [5.74, 6) is 0.0206. The van der Waals surface area contributed by atoms with Gasteiger partial charge in [0.05, 0.1) is 22.5 Å². The van der Waals surface area contributed by atoms with Gasteiger partial charge in [-0.2, -0.15) is 0 Å². The van der Waals surface area contributed by atoms with Gasteiger partial charge in [0, 0.05) is 20.0 Å². The summed E-state index contributed by atoms with van der Waals surface area (Å²) in [4.78, 5) is 31.1. The fourth-order valence-corrected chi connectivity index (χ4v) is 4.26. The van der Waals surface area contributed by atoms with Crippen molar-refractivity contribution in [3.05, 3.63) is 30.1 Å². The molecule has 1 unspecified atom stereocenters. The number of rotatable bonds is 4. The van der Waals surface area contributed by atoms with Gasteiger partial charge in [0.25, 0.3) is 0 Å². The minimum absolute atomic E-state index is 0.0448. The van der Waals surface area contributed by atoms with Crippen LogP contribution in [0, 0.1) is 5.41 Å². The average molecular weight is 341 g/mol. The molecule has 2 aliphatic rings. The van der Waals surface area contributed by atoms with E-state index in [1.807, 2.05) is 36.2 Å². The molecule has 6 nitrogen and oxygen atoms in total. The van der Waals surface area contributed by atoms with Gasteiger partial charge in [-0.25, -0.2) is 4.98 Å². The summed E-state index contributed by atoms with van der Waals surface area (Å²) in [7, 11) is 1.98. The molecule has 1 saturated carbocycles. The minimum Gasteiger partial charge on any atom is -0.481 e. The lowest BCUT2D eigenvalue weighted by atomic mass is 9.66. The second-order valence-electron chi connectivity index (χ2n) is 7.38. The van der Waals surface area contributed by atoms with E-state index in [1.165, 1.54) is 0 Å². The maximum absolute atomic E-state index is 12.9. The topological polar surface area (TPSA) is 75.4 Å². The number of aromatic nitrogens is 2. The van der Waals surface area contributed by atoms with Crippen LogP contribution in [0.4, 0.5) is 0 Å². The van der Waals surface area contributed by atoms with Crippen molar-refractivity contribution in [3.63, 3.8) is 0 Å². The molecule has 1 aliphatic heterocycles. The van der Waals surface area contributed by atoms with Crippen LogP contribution in [-0.4, -0.2) is 38.0 Å². The second kappa shape index (κ2) is 5.86. The zero-order valence-electron chi connectivity index (χ0n) is 14.4. The van der Waals surface area contributed by atoms with E-state index in [-0.39, 0.29) is 18.4 Å². The minimum atomic E-state index is -0.837. The fourth-order valence-electron chi connectivity index (χ4n) is 4.26. The molecule has 1 atom stereocenters. The molecule has 4 rings (SSSR count). The highest BCUT2D eigenvalue weighted by atomic mass is 16.4. The van der Waals surface area contributed by atoms with Crippen LogP contribution in [0.25, 0.3) is 11.0 Å². The molecule has 2 heterocycles. The molecule has 1 saturated heterocycles. The van der Waals surface area contributed by atoms with Crippen molar-refractivity contribution in [1.82, 2.24) is 14.5 Å². The van der Waals surface area contributed by atoms with E-state index in [0.717, 1.165) is 36.1 Å². The highest BCUT2D eigenvalue weighted by Gasteiger charge is 2.47. The number of carboxylic acids is 1. The lowest BCUT2D eigenvalue weighted by Gasteiger charge is -2.38. The molecule has 1 N–H and O–H groups in total. The standard InChI is InChI=1S/C19H23N3O3/c1-21-14-7-3-2-6-13(14)20-17(21)15-8-4-11-22(15)16(23)12-19(18(24)25)9-5-10-19/h2-3,6-7,15H,4-5,8-12H2,1H3,(H,24,25). The Labute approximate surface area is 146 Å². The Kier molecular flexibility index (Phi) is 3.78. The van der Waals surface area contributed by atoms with Crippen molar-refractivity contribution in [2.24, 2.45) is 12.5 Å². The molecule has 0 radical (unpaired) electrons. The first-order valence-corrected chi connectivity index (χ1v) is 8.96. The summed E-state index contributed by atoms with van der Waals surface area (Å²) in [6.45, 7) is 0.683. The van der Waals surface area contributed by atoms with Crippen LogP contribution < -0.4 is 0 Å². The first-order valence-electron chi connectivity index (χ1n) is 8.96. The summed E-state index contributed by atoms with van der Waals surface area (Å²) in [6.07, 6.45) is 4.04. The summed E-state index contributed by atoms with van der Waals surface area (Å²) < 4.78 is 2.06. The number of likely N-dealkylation sites (tertiary alicyclic amines) is 1. The highest BCUT2D eigenvalue weighted by molar-refractivity contribution is 5.86. The maximum atomic E-state index is 12.9. The number of carbonyl (C=O) groups excluding carboxylic acids is 1. The van der Waals surface area contributed by atoms with E-state index in [9.17, 15) is 14.7 Å². The van der Waals surface area contributed by atoms with E-state index in [4.69, 9.17) is 4.98 Å². The van der Waals surface area contributed by atoms with Crippen LogP contribution in [0.2, 0.25) is 0 Å². The zero-order valence-corrected chi connectivity index (χ0v) is 14.4. The van der Waals surface area contributed by atoms with Gasteiger partial charge < -0.3 is 14.6 Å². The largest absolute Gasteiger partial charge is 0.481 e. The van der Waals surface area contributed by atoms with Gasteiger partial charge in [-0.3, -0.25) is 9.59 Å². The van der Waals surface area contributed by atoms with Crippen LogP contribution >= 0.6 is 0 Å². The van der Waals surface area contributed by atoms with Gasteiger partial charge in [-0.05, 0) is 37.8 Å². The smallest absolute Gasteiger partial charge is 0.310 e. The number of benzene rings is 1. The summed E-state index contributed by atoms with van der Waals surface area (Å²) >= 11 is 0. The molecule has 1 aromatic heterocycles. The number of carbonyl (C=O) groups is 2. The van der Waals surface area contributed by atoms with Crippen molar-refractivity contribution < 1.29 is 14.7 Å². The first-order chi connectivity index (χ1) is 12.0. The quantitative estimate of drug-likeness (QED) is 0.928. The van der Waals surface area contributed by atoms with Crippen molar-refractivity contribution in [3.8, 4) is 0 Å². The van der Waals surface area contributed by atoms with Gasteiger partial charge in [0.2, 0.25) is 5.91 Å². The molecular formula is C19H23N3O3. The van der Waals surface area contributed by atoms with E-state index in [0.29, 0.717) is 19.4 Å². The number of carboxylic acid groups (broad SMARTS) is 1. The average Bonchev–Trinajstić information content (AvgIpc) is 3.15. The molecule has 1 aromatic carbocycles. The van der Waals surface area contributed by atoms with Gasteiger partial charge in [0.15, 0.2) is 0 Å². The van der Waals surface area contributed by atoms with Gasteiger partial charge in [0.1, 0.15) is 5.82 Å². The van der Waals surface area contributed by atoms with Crippen molar-refractivity contribution in [2.45, 2.75) is 44.6 Å². The van der Waals surface area contributed by atoms with Crippen LogP contribution in [-0.2, 0) is 16.6 Å². The Bertz CT molecular complexity index is 838. The molecule has 132 valence electrons. The number of amides is 1. The number of para-hydroxylation sites is 2. The van der Waals surface area contributed by atoms with E-state index in [1.54, 1.807) is 0 Å². The fraction of sp³-hybridized carbons (Fsp3) is 0.526. The van der Waals surface area contributed by atoms with Crippen LogP contribution in [0.1, 0.15) is 50.4 Å². The predicted octanol–water partition coefficient (Wildman–Crippen LogP) is 2.88. The molecule has 1 aliphatic carbocycles. The Hall–Kier alpha value is -2.37. The normalized spacial score (nSPS) is 22.1. The van der Waals surface area contributed by atoms with Gasteiger partial charge in [-0.1, -0.05) is 18.6 Å². The third-order valence-electron chi connectivity index (χ3n) is 5.95. The molecule has 0 spiro atoms. The number of imidazole rings is 1. The number of fused-ring (bicyclic) bond motifs is 1. The Morgan fingerprint density at radius 2 is 2.04 bits per heavy atom. The second-order valence-corrected chi connectivity index (χ2v) is 7.38. The van der Waals surface area contributed by atoms with Crippen LogP contribution in [0.5, 0.6) is 0 Å². The lowest BCUT2D eigenvalue weighted by molar-refractivity contribution is -0.159. The molecule has 1 amide bonds. The Morgan fingerprint density at radius 3 is 2.68 bits per heavy atom. The maximum Gasteiger partial charge on any atom is 0.310 e. The van der Waals surface area contributed by atoms with E-state index >= 15 is 0 Å². The third-order valence-corrected chi connectivity index (χ3v) is 5.95. The summed E-state index contributed by atoms with van der Waals surface area (Å²) in [6, 6.07) is 7.90. The molecular weight excluding hydrogens is 318 g/mol. The number of aliphatic carboxylic acids is 1. The Balaban J connectivity index is 1.60. The van der Waals surface area contributed by atoms with E-state index < -0.39 is 11.4 Å². The highest BCUT2D eigenvalue weighted by Crippen LogP contribution is 2.45. The molecule has 6 heteroatoms. The first kappa shape index (κ1) is 16.1. The van der Waals surface area contributed by atoms with Gasteiger partial charge in [-0.15, -0.1) is 0 Å². The van der Waals surface area contributed by atoms with Crippen LogP contribution in [0.15, 0.2) is 24.3 Å². The number of nitrogens with zero attached hydrogens (tertiary/aromatic N) is 3. The van der Waals surface area contributed by atoms with Gasteiger partial charge >= 0.3 is 5.97 Å². The SMILES string of the molecule is Cn1c(C2CCCN2C(=O)CC2(C(=O)O)CCC2)nc2ccccc21. The summed E-state index contributed by atoms with van der Waals surface area (Å²) in [5.41, 5.74) is 1.15. The van der Waals surface area contributed by atoms with Crippen LogP contribution in [0.3, 0.4) is 0 Å². The molecule has 2 fully saturated rings. The van der Waals surface area contributed by atoms with Crippen molar-refractivity contribution in [2.75, 3.05) is 6.54 Å². The lowest BCUT2D eigenvalue weighted by Crippen LogP contribution is -2.44. The van der Waals surface area contributed by atoms with Crippen molar-refractivity contribution in [1.29, 1.82) is 0 Å². The summed E-state index contributed by atoms with van der Waals surface area (Å²) in [5, 5.41) is 9.51. The number of aryl methyl sites for hydroxylation is 1. The monoisotopic (exact) mass is 341 g/mol. The van der Waals surface area contributed by atoms with E-state index in [2.05, 4.69) is 4.57 Å². The zero-order chi connectivity index (χ0) is 17.6. The Morgan fingerprint density at radius 1 is 1.28 bits per heavy atom. The predicted molar refractivity (Wildman–Crippen MR) is 92.9 cm³/mol. The third kappa shape index (κ3) is 2.51. The van der Waals surface area contributed by atoms with Crippen molar-refractivity contribution >= 4 is 22.9 Å². The molecule has 25 heavy (non-hydrogen) atoms. The molecule has 0 bridgehead atoms. The number of hydrogen-bond donors (Lipinski definition) is 1. The number of hydrogen-bond acceptors (Lipinski definition) is 3.